The fourth-order valence-electron chi connectivity index (χ4n) is 2.43. The molecule has 1 aliphatic heterocycles. The van der Waals surface area contributed by atoms with Gasteiger partial charge in [0.15, 0.2) is 0 Å². The molecule has 0 saturated carbocycles. The Kier molecular flexibility index (Phi) is 5.61. The third-order valence-corrected chi connectivity index (χ3v) is 4.78. The molecule has 0 aromatic heterocycles. The first-order valence-corrected chi connectivity index (χ1v) is 8.99. The lowest BCUT2D eigenvalue weighted by atomic mass is 10.1. The zero-order valence-corrected chi connectivity index (χ0v) is 15.4. The number of ether oxygens (including phenoxy) is 1. The number of aryl methyl sites for hydroxylation is 1. The molecule has 0 aliphatic carbocycles. The molecule has 1 aliphatic rings. The van der Waals surface area contributed by atoms with Crippen molar-refractivity contribution in [1.29, 1.82) is 0 Å². The Labute approximate surface area is 160 Å². The van der Waals surface area contributed by atoms with E-state index in [-0.39, 0.29) is 4.91 Å². The molecule has 0 spiro atoms. The third-order valence-electron chi connectivity index (χ3n) is 3.87. The van der Waals surface area contributed by atoms with Crippen LogP contribution in [0.4, 0.5) is 4.79 Å². The topological polar surface area (TPSA) is 83.9 Å². The van der Waals surface area contributed by atoms with Crippen molar-refractivity contribution in [1.82, 2.24) is 4.90 Å². The van der Waals surface area contributed by atoms with Gasteiger partial charge >= 0.3 is 5.97 Å². The summed E-state index contributed by atoms with van der Waals surface area (Å²) >= 11 is 0.735. The number of hydrogen-bond donors (Lipinski definition) is 1. The number of hydrogen-bond acceptors (Lipinski definition) is 5. The van der Waals surface area contributed by atoms with Gasteiger partial charge in [-0.1, -0.05) is 42.0 Å². The van der Waals surface area contributed by atoms with Crippen molar-refractivity contribution in [2.24, 2.45) is 0 Å². The Bertz CT molecular complexity index is 903. The fraction of sp³-hybridized carbons (Fsp3) is 0.150. The normalized spacial score (nSPS) is 15.4. The fourth-order valence-corrected chi connectivity index (χ4v) is 3.27. The summed E-state index contributed by atoms with van der Waals surface area (Å²) in [6.45, 7) is 1.85. The van der Waals surface area contributed by atoms with Gasteiger partial charge in [0.05, 0.1) is 4.91 Å². The van der Waals surface area contributed by atoms with Gasteiger partial charge in [0.1, 0.15) is 18.9 Å². The van der Waals surface area contributed by atoms with Crippen molar-refractivity contribution in [2.45, 2.75) is 13.5 Å². The Hall–Kier alpha value is -3.06. The van der Waals surface area contributed by atoms with Gasteiger partial charge in [-0.3, -0.25) is 19.3 Å². The zero-order valence-electron chi connectivity index (χ0n) is 14.5. The van der Waals surface area contributed by atoms with Gasteiger partial charge in [0.2, 0.25) is 0 Å². The van der Waals surface area contributed by atoms with Crippen LogP contribution in [0.2, 0.25) is 0 Å². The molecule has 2 amide bonds. The van der Waals surface area contributed by atoms with E-state index in [1.54, 1.807) is 30.3 Å². The lowest BCUT2D eigenvalue weighted by Crippen LogP contribution is -2.33. The van der Waals surface area contributed by atoms with Crippen LogP contribution in [-0.4, -0.2) is 33.7 Å². The first-order chi connectivity index (χ1) is 12.9. The molecule has 1 heterocycles. The summed E-state index contributed by atoms with van der Waals surface area (Å²) in [6, 6.07) is 15.2. The first-order valence-electron chi connectivity index (χ1n) is 8.18. The van der Waals surface area contributed by atoms with Gasteiger partial charge in [0.25, 0.3) is 11.1 Å². The molecule has 0 unspecified atom stereocenters. The number of carboxylic acid groups (broad SMARTS) is 1. The molecule has 138 valence electrons. The number of imide groups is 1. The Balaban J connectivity index is 1.64. The summed E-state index contributed by atoms with van der Waals surface area (Å²) in [5.41, 5.74) is 2.98. The maximum atomic E-state index is 12.1. The second-order valence-corrected chi connectivity index (χ2v) is 7.00. The average molecular weight is 383 g/mol. The number of nitrogens with zero attached hydrogens (tertiary/aromatic N) is 1. The number of amides is 2. The highest BCUT2D eigenvalue weighted by atomic mass is 32.2. The van der Waals surface area contributed by atoms with Crippen molar-refractivity contribution < 1.29 is 24.2 Å². The van der Waals surface area contributed by atoms with Crippen molar-refractivity contribution in [3.63, 3.8) is 0 Å². The van der Waals surface area contributed by atoms with Crippen LogP contribution in [0.15, 0.2) is 53.4 Å². The molecule has 0 bridgehead atoms. The molecule has 3 rings (SSSR count). The summed E-state index contributed by atoms with van der Waals surface area (Å²) < 4.78 is 5.74. The Morgan fingerprint density at radius 2 is 1.78 bits per heavy atom. The zero-order chi connectivity index (χ0) is 19.4. The molecule has 1 fully saturated rings. The van der Waals surface area contributed by atoms with E-state index in [0.717, 1.165) is 27.8 Å². The molecule has 0 radical (unpaired) electrons. The Morgan fingerprint density at radius 3 is 2.41 bits per heavy atom. The minimum atomic E-state index is -1.23. The minimum Gasteiger partial charge on any atom is -0.489 e. The number of carboxylic acids is 1. The average Bonchev–Trinajstić information content (AvgIpc) is 2.89. The highest BCUT2D eigenvalue weighted by Gasteiger charge is 2.36. The van der Waals surface area contributed by atoms with E-state index in [1.807, 2.05) is 31.2 Å². The maximum absolute atomic E-state index is 12.1. The lowest BCUT2D eigenvalue weighted by molar-refractivity contribution is -0.140. The number of aliphatic carboxylic acids is 1. The van der Waals surface area contributed by atoms with Gasteiger partial charge in [-0.15, -0.1) is 0 Å². The van der Waals surface area contributed by atoms with E-state index < -0.39 is 23.7 Å². The summed E-state index contributed by atoms with van der Waals surface area (Å²) in [5, 5.41) is 8.20. The van der Waals surface area contributed by atoms with Crippen LogP contribution in [0.3, 0.4) is 0 Å². The molecule has 6 nitrogen and oxygen atoms in total. The van der Waals surface area contributed by atoms with E-state index in [1.165, 1.54) is 5.56 Å². The number of thioether (sulfide) groups is 1. The molecule has 2 aromatic carbocycles. The highest BCUT2D eigenvalue weighted by Crippen LogP contribution is 2.32. The predicted molar refractivity (Wildman–Crippen MR) is 102 cm³/mol. The van der Waals surface area contributed by atoms with Crippen LogP contribution >= 0.6 is 11.8 Å². The molecular weight excluding hydrogens is 366 g/mol. The SMILES string of the molecule is Cc1ccc(COc2ccc(/C=C3/SC(=O)N(CC(=O)O)C3=O)cc2)cc1. The van der Waals surface area contributed by atoms with Crippen molar-refractivity contribution >= 4 is 35.0 Å². The summed E-state index contributed by atoms with van der Waals surface area (Å²) in [7, 11) is 0. The predicted octanol–water partition coefficient (Wildman–Crippen LogP) is 3.69. The van der Waals surface area contributed by atoms with Crippen molar-refractivity contribution in [2.75, 3.05) is 6.54 Å². The smallest absolute Gasteiger partial charge is 0.323 e. The molecule has 27 heavy (non-hydrogen) atoms. The molecule has 7 heteroatoms. The van der Waals surface area contributed by atoms with Gasteiger partial charge in [-0.25, -0.2) is 0 Å². The molecule has 1 saturated heterocycles. The van der Waals surface area contributed by atoms with E-state index in [0.29, 0.717) is 12.4 Å². The largest absolute Gasteiger partial charge is 0.489 e. The second kappa shape index (κ2) is 8.09. The summed E-state index contributed by atoms with van der Waals surface area (Å²) in [6.07, 6.45) is 1.57. The van der Waals surface area contributed by atoms with Crippen molar-refractivity contribution in [3.8, 4) is 5.75 Å². The standard InChI is InChI=1S/C20H17NO5S/c1-13-2-4-15(5-3-13)12-26-16-8-6-14(7-9-16)10-17-19(24)21(11-18(22)23)20(25)27-17/h2-10H,11-12H2,1H3,(H,22,23)/b17-10+. The lowest BCUT2D eigenvalue weighted by Gasteiger charge is -2.08. The van der Waals surface area contributed by atoms with Crippen LogP contribution in [0.1, 0.15) is 16.7 Å². The molecule has 2 aromatic rings. The first kappa shape index (κ1) is 18.7. The van der Waals surface area contributed by atoms with Gasteiger partial charge in [0, 0.05) is 0 Å². The van der Waals surface area contributed by atoms with E-state index in [2.05, 4.69) is 0 Å². The molecule has 0 atom stereocenters. The third kappa shape index (κ3) is 4.77. The highest BCUT2D eigenvalue weighted by molar-refractivity contribution is 8.18. The monoisotopic (exact) mass is 383 g/mol. The quantitative estimate of drug-likeness (QED) is 0.766. The van der Waals surface area contributed by atoms with Crippen LogP contribution in [-0.2, 0) is 16.2 Å². The number of carbonyl (C=O) groups is 3. The number of benzene rings is 2. The number of rotatable bonds is 6. The van der Waals surface area contributed by atoms with Crippen LogP contribution in [0, 0.1) is 6.92 Å². The van der Waals surface area contributed by atoms with E-state index >= 15 is 0 Å². The van der Waals surface area contributed by atoms with Gasteiger partial charge < -0.3 is 9.84 Å². The van der Waals surface area contributed by atoms with Gasteiger partial charge in [-0.05, 0) is 48.0 Å². The molecule has 1 N–H and O–H groups in total. The van der Waals surface area contributed by atoms with Crippen LogP contribution in [0.25, 0.3) is 6.08 Å². The second-order valence-electron chi connectivity index (χ2n) is 6.00. The summed E-state index contributed by atoms with van der Waals surface area (Å²) in [5.74, 6) is -1.13. The van der Waals surface area contributed by atoms with Crippen LogP contribution in [0.5, 0.6) is 5.75 Å². The van der Waals surface area contributed by atoms with Crippen molar-refractivity contribution in [3.05, 3.63) is 70.1 Å². The molecular formula is C20H17NO5S. The van der Waals surface area contributed by atoms with E-state index in [4.69, 9.17) is 9.84 Å². The van der Waals surface area contributed by atoms with Crippen LogP contribution < -0.4 is 4.74 Å². The summed E-state index contributed by atoms with van der Waals surface area (Å²) in [4.78, 5) is 35.6. The minimum absolute atomic E-state index is 0.203. The maximum Gasteiger partial charge on any atom is 0.323 e. The number of carbonyl (C=O) groups excluding carboxylic acids is 2. The van der Waals surface area contributed by atoms with Gasteiger partial charge in [-0.2, -0.15) is 0 Å². The Morgan fingerprint density at radius 1 is 1.11 bits per heavy atom. The van der Waals surface area contributed by atoms with E-state index in [9.17, 15) is 14.4 Å².